The number of aromatic amines is 1. The summed E-state index contributed by atoms with van der Waals surface area (Å²) < 4.78 is 12.2. The molecular weight excluding hydrogens is 588 g/mol. The number of pyridine rings is 2. The summed E-state index contributed by atoms with van der Waals surface area (Å²) in [6.45, 7) is 2.90. The van der Waals surface area contributed by atoms with Crippen molar-refractivity contribution < 1.29 is 34.4 Å². The van der Waals surface area contributed by atoms with Crippen molar-refractivity contribution in [3.05, 3.63) is 76.4 Å². The third kappa shape index (κ3) is 6.09. The predicted molar refractivity (Wildman–Crippen MR) is 159 cm³/mol. The van der Waals surface area contributed by atoms with Gasteiger partial charge in [-0.3, -0.25) is 34.4 Å². The molecule has 236 valence electrons. The van der Waals surface area contributed by atoms with Crippen molar-refractivity contribution in [2.24, 2.45) is 11.7 Å². The Balaban J connectivity index is 1.54. The second-order valence-corrected chi connectivity index (χ2v) is 10.5. The molecule has 0 aromatic carbocycles. The van der Waals surface area contributed by atoms with E-state index in [1.54, 1.807) is 56.5 Å². The smallest absolute Gasteiger partial charge is 0.363 e. The molecule has 4 aromatic heterocycles. The zero-order chi connectivity index (χ0) is 32.3. The second-order valence-electron chi connectivity index (χ2n) is 10.5. The molecule has 1 aliphatic rings. The molecule has 5 heterocycles. The highest BCUT2D eigenvalue weighted by molar-refractivity contribution is 5.91. The molecule has 1 aliphatic heterocycles. The van der Waals surface area contributed by atoms with Crippen LogP contribution in [0.2, 0.25) is 0 Å². The Bertz CT molecular complexity index is 1770. The largest absolute Gasteiger partial charge is 0.461 e. The zero-order valence-electron chi connectivity index (χ0n) is 24.3. The Morgan fingerprint density at radius 3 is 2.62 bits per heavy atom. The number of nitrogens with two attached hydrogens (primary N) is 1. The van der Waals surface area contributed by atoms with Crippen LogP contribution in [0.1, 0.15) is 37.0 Å². The number of imidazole rings is 1. The number of anilines is 1. The van der Waals surface area contributed by atoms with Crippen molar-refractivity contribution in [2.75, 3.05) is 18.5 Å². The number of hydrogen-bond donors (Lipinski definition) is 6. The van der Waals surface area contributed by atoms with E-state index in [-0.39, 0.29) is 36.0 Å². The van der Waals surface area contributed by atoms with Crippen LogP contribution < -0.4 is 16.6 Å². The van der Waals surface area contributed by atoms with E-state index >= 15 is 0 Å². The maximum atomic E-state index is 13.6. The molecule has 1 amide bonds. The van der Waals surface area contributed by atoms with E-state index in [1.807, 2.05) is 6.07 Å². The second kappa shape index (κ2) is 13.0. The van der Waals surface area contributed by atoms with E-state index in [0.29, 0.717) is 11.4 Å². The molecule has 0 saturated carbocycles. The van der Waals surface area contributed by atoms with Gasteiger partial charge in [0.15, 0.2) is 11.2 Å². The number of nitrogens with one attached hydrogen (secondary N) is 2. The summed E-state index contributed by atoms with van der Waals surface area (Å²) in [7, 11) is 0. The van der Waals surface area contributed by atoms with Crippen molar-refractivity contribution >= 4 is 41.1 Å². The molecule has 45 heavy (non-hydrogen) atoms. The molecule has 7 N–H and O–H groups in total. The van der Waals surface area contributed by atoms with Gasteiger partial charge in [-0.05, 0) is 36.4 Å². The number of hydrogen-bond acceptors (Lipinski definition) is 13. The number of fused-ring (bicyclic) bond motifs is 1. The summed E-state index contributed by atoms with van der Waals surface area (Å²) in [6, 6.07) is 10.2. The molecule has 5 rings (SSSR count). The number of rotatable bonds is 10. The monoisotopic (exact) mass is 620 g/mol. The number of H-pyrrole nitrogens is 1. The number of carbonyl (C=O) groups excluding carboxylic acids is 2. The number of aliphatic hydroxyl groups is 3. The van der Waals surface area contributed by atoms with Gasteiger partial charge in [0.25, 0.3) is 11.3 Å². The van der Waals surface area contributed by atoms with Crippen molar-refractivity contribution in [3.8, 4) is 0 Å². The summed E-state index contributed by atoms with van der Waals surface area (Å²) >= 11 is 0. The van der Waals surface area contributed by atoms with Crippen LogP contribution in [0.15, 0.2) is 53.7 Å². The van der Waals surface area contributed by atoms with Gasteiger partial charge < -0.3 is 30.5 Å². The molecule has 0 bridgehead atoms. The van der Waals surface area contributed by atoms with E-state index in [4.69, 9.17) is 15.2 Å². The summed E-state index contributed by atoms with van der Waals surface area (Å²) in [4.78, 5) is 58.0. The number of nitrogens with zero attached hydrogens (tertiary/aromatic N) is 5. The number of amides is 1. The lowest BCUT2D eigenvalue weighted by Crippen LogP contribution is -2.53. The molecule has 0 spiro atoms. The summed E-state index contributed by atoms with van der Waals surface area (Å²) in [5.41, 5.74) is 2.78. The summed E-state index contributed by atoms with van der Waals surface area (Å²) in [6.07, 6.45) is -1.21. The fourth-order valence-electron chi connectivity index (χ4n) is 4.74. The van der Waals surface area contributed by atoms with E-state index in [0.717, 1.165) is 10.9 Å². The van der Waals surface area contributed by atoms with Gasteiger partial charge in [-0.25, -0.2) is 9.78 Å². The van der Waals surface area contributed by atoms with Crippen LogP contribution in [-0.4, -0.2) is 88.1 Å². The molecule has 1 saturated heterocycles. The fourth-order valence-corrected chi connectivity index (χ4v) is 4.74. The van der Waals surface area contributed by atoms with Crippen LogP contribution in [0.3, 0.4) is 0 Å². The van der Waals surface area contributed by atoms with Crippen molar-refractivity contribution in [1.82, 2.24) is 29.5 Å². The highest BCUT2D eigenvalue weighted by Crippen LogP contribution is 2.42. The van der Waals surface area contributed by atoms with Crippen LogP contribution in [0.4, 0.5) is 5.95 Å². The maximum Gasteiger partial charge on any atom is 0.363 e. The van der Waals surface area contributed by atoms with Gasteiger partial charge in [0.05, 0.1) is 17.1 Å². The molecule has 1 unspecified atom stereocenters. The fraction of sp³-hybridized carbons (Fsp3) is 0.345. The minimum absolute atomic E-state index is 0.0595. The van der Waals surface area contributed by atoms with Crippen LogP contribution in [0.5, 0.6) is 0 Å². The quantitative estimate of drug-likeness (QED) is 0.125. The van der Waals surface area contributed by atoms with E-state index < -0.39 is 53.5 Å². The number of esters is 1. The van der Waals surface area contributed by atoms with E-state index in [9.17, 15) is 29.7 Å². The highest BCUT2D eigenvalue weighted by atomic mass is 16.6. The van der Waals surface area contributed by atoms with Gasteiger partial charge in [-0.2, -0.15) is 4.98 Å². The van der Waals surface area contributed by atoms with Gasteiger partial charge in [0, 0.05) is 18.7 Å². The standard InChI is InChI=1S/C29H32N8O8/c1-15(2)25(41)35-28-34-24-19(26(42)36-28)32-14-37(24)29(27(43)44-13-11-30)23(40)21(39)22(45-29)20(38)18-8-5-7-17(33-18)10-9-16-6-3-4-12-31-16/h3-10,12,14-15,20-23,38-40H,11,13,30H2,1-2H3,(H2,34,35,36,41,42)/t20?,21-,22-,23-,29+/m1/s1. The summed E-state index contributed by atoms with van der Waals surface area (Å²) in [5, 5.41) is 36.4. The molecule has 5 atom stereocenters. The molecular formula is C29H32N8O8. The molecule has 0 aliphatic carbocycles. The van der Waals surface area contributed by atoms with Gasteiger partial charge in [0.1, 0.15) is 37.4 Å². The molecule has 16 heteroatoms. The maximum absolute atomic E-state index is 13.6. The van der Waals surface area contributed by atoms with Crippen LogP contribution in [-0.2, 0) is 24.8 Å². The Morgan fingerprint density at radius 1 is 1.16 bits per heavy atom. The van der Waals surface area contributed by atoms with Gasteiger partial charge in [0.2, 0.25) is 11.9 Å². The summed E-state index contributed by atoms with van der Waals surface area (Å²) in [5.74, 6) is -2.38. The molecule has 0 radical (unpaired) electrons. The molecule has 4 aromatic rings. The van der Waals surface area contributed by atoms with Crippen molar-refractivity contribution in [2.45, 2.75) is 44.0 Å². The Morgan fingerprint density at radius 2 is 1.91 bits per heavy atom. The normalized spacial score (nSPS) is 22.2. The lowest BCUT2D eigenvalue weighted by molar-refractivity contribution is -0.204. The molecule has 1 fully saturated rings. The predicted octanol–water partition coefficient (Wildman–Crippen LogP) is -0.317. The number of ether oxygens (including phenoxy) is 2. The van der Waals surface area contributed by atoms with E-state index in [2.05, 4.69) is 30.2 Å². The number of aromatic nitrogens is 6. The lowest BCUT2D eigenvalue weighted by Gasteiger charge is -2.31. The van der Waals surface area contributed by atoms with Crippen LogP contribution >= 0.6 is 0 Å². The van der Waals surface area contributed by atoms with Crippen LogP contribution in [0, 0.1) is 5.92 Å². The first kappa shape index (κ1) is 31.6. The minimum atomic E-state index is -2.59. The lowest BCUT2D eigenvalue weighted by atomic mass is 9.98. The average Bonchev–Trinajstić information content (AvgIpc) is 3.58. The third-order valence-corrected chi connectivity index (χ3v) is 7.07. The first-order valence-electron chi connectivity index (χ1n) is 14.0. The Hall–Kier alpha value is -4.87. The van der Waals surface area contributed by atoms with Crippen LogP contribution in [0.25, 0.3) is 23.3 Å². The average molecular weight is 621 g/mol. The van der Waals surface area contributed by atoms with Gasteiger partial charge in [-0.15, -0.1) is 0 Å². The van der Waals surface area contributed by atoms with E-state index in [1.165, 1.54) is 6.07 Å². The zero-order valence-corrected chi connectivity index (χ0v) is 24.3. The highest BCUT2D eigenvalue weighted by Gasteiger charge is 2.64. The van der Waals surface area contributed by atoms with Gasteiger partial charge >= 0.3 is 5.97 Å². The Kier molecular flexibility index (Phi) is 9.12. The Labute approximate surface area is 255 Å². The van der Waals surface area contributed by atoms with Crippen molar-refractivity contribution in [3.63, 3.8) is 0 Å². The van der Waals surface area contributed by atoms with Crippen molar-refractivity contribution in [1.29, 1.82) is 0 Å². The minimum Gasteiger partial charge on any atom is -0.461 e. The third-order valence-electron chi connectivity index (χ3n) is 7.07. The first-order valence-corrected chi connectivity index (χ1v) is 14.0. The first-order chi connectivity index (χ1) is 21.6. The SMILES string of the molecule is CC(C)C(=O)Nc1nc2c(ncn2[C@]2(C(=O)OCCN)O[C@H](C(O)c3cccc(C=Cc4ccccn4)n3)[C@@H](O)[C@H]2O)c(=O)[nH]1. The topological polar surface area (TPSA) is 241 Å². The van der Waals surface area contributed by atoms with Gasteiger partial charge in [-0.1, -0.05) is 26.0 Å². The molecule has 16 nitrogen and oxygen atoms in total. The number of carbonyl (C=O) groups is 2. The number of aliphatic hydroxyl groups excluding tert-OH is 3.